The maximum absolute atomic E-state index is 11.8. The molecule has 3 aliphatic rings. The fourth-order valence-corrected chi connectivity index (χ4v) is 7.23. The number of hydrogen-bond acceptors (Lipinski definition) is 7. The van der Waals surface area contributed by atoms with Crippen LogP contribution >= 0.6 is 23.1 Å². The molecule has 35 heavy (non-hydrogen) atoms. The average Bonchev–Trinajstić information content (AvgIpc) is 3.62. The van der Waals surface area contributed by atoms with Gasteiger partial charge < -0.3 is 9.64 Å². The van der Waals surface area contributed by atoms with Crippen LogP contribution < -0.4 is 0 Å². The molecule has 5 nitrogen and oxygen atoms in total. The zero-order valence-corrected chi connectivity index (χ0v) is 20.4. The molecule has 0 bridgehead atoms. The molecular weight excluding hydrogens is 474 g/mol. The van der Waals surface area contributed by atoms with Gasteiger partial charge in [-0.05, 0) is 29.3 Å². The van der Waals surface area contributed by atoms with Gasteiger partial charge in [-0.15, -0.1) is 11.3 Å². The minimum Gasteiger partial charge on any atom is -0.410 e. The first kappa shape index (κ1) is 20.9. The molecule has 4 heterocycles. The van der Waals surface area contributed by atoms with Crippen LogP contribution in [0.4, 0.5) is 0 Å². The molecule has 3 aliphatic heterocycles. The normalized spacial score (nSPS) is 19.8. The lowest BCUT2D eigenvalue weighted by molar-refractivity contribution is -0.132. The zero-order valence-electron chi connectivity index (χ0n) is 18.8. The van der Waals surface area contributed by atoms with Crippen LogP contribution in [0.15, 0.2) is 88.4 Å². The van der Waals surface area contributed by atoms with Crippen LogP contribution in [0.25, 0.3) is 25.9 Å². The standard InChI is InChI=1S/C28H21N3O2S2/c32-25-16-29-24(33-25)15-21-26(18-10-11-23-20(14-18)19-8-4-5-9-22(19)35-23)30-28-31(12-13-34-28)27(21)17-6-2-1-3-7-17/h1-11,14,27H,12-13,15-16H2. The minimum absolute atomic E-state index is 0.0191. The van der Waals surface area contributed by atoms with Crippen LogP contribution in [0.5, 0.6) is 0 Å². The molecule has 1 fully saturated rings. The number of thiophene rings is 1. The predicted molar refractivity (Wildman–Crippen MR) is 145 cm³/mol. The van der Waals surface area contributed by atoms with Gasteiger partial charge in [0.25, 0.3) is 0 Å². The summed E-state index contributed by atoms with van der Waals surface area (Å²) in [5.41, 5.74) is 4.38. The summed E-state index contributed by atoms with van der Waals surface area (Å²) < 4.78 is 8.02. The monoisotopic (exact) mass is 495 g/mol. The topological polar surface area (TPSA) is 54.3 Å². The molecule has 0 amide bonds. The molecule has 0 N–H and O–H groups in total. The first-order valence-corrected chi connectivity index (χ1v) is 13.5. The minimum atomic E-state index is -0.290. The van der Waals surface area contributed by atoms with Crippen molar-refractivity contribution in [3.8, 4) is 0 Å². The van der Waals surface area contributed by atoms with Crippen molar-refractivity contribution in [2.45, 2.75) is 12.5 Å². The van der Waals surface area contributed by atoms with Crippen molar-refractivity contribution >= 4 is 66.0 Å². The quantitative estimate of drug-likeness (QED) is 0.313. The molecule has 1 saturated heterocycles. The molecule has 0 saturated carbocycles. The van der Waals surface area contributed by atoms with Crippen molar-refractivity contribution in [1.82, 2.24) is 4.90 Å². The van der Waals surface area contributed by atoms with E-state index in [0.717, 1.165) is 34.3 Å². The van der Waals surface area contributed by atoms with Gasteiger partial charge in [0.2, 0.25) is 0 Å². The number of cyclic esters (lactones) is 1. The Hall–Kier alpha value is -3.42. The maximum Gasteiger partial charge on any atom is 0.334 e. The van der Waals surface area contributed by atoms with Gasteiger partial charge in [-0.3, -0.25) is 0 Å². The second-order valence-electron chi connectivity index (χ2n) is 8.79. The summed E-state index contributed by atoms with van der Waals surface area (Å²) in [6.07, 6.45) is 0.459. The van der Waals surface area contributed by atoms with E-state index in [1.807, 2.05) is 17.4 Å². The number of rotatable bonds is 4. The molecule has 4 aromatic rings. The number of fused-ring (bicyclic) bond motifs is 4. The van der Waals surface area contributed by atoms with Gasteiger partial charge in [0, 0.05) is 44.5 Å². The molecular formula is C28H21N3O2S2. The Kier molecular flexibility index (Phi) is 4.99. The number of aliphatic imine (C=N–C) groups is 2. The first-order valence-electron chi connectivity index (χ1n) is 11.7. The Labute approximate surface area is 210 Å². The van der Waals surface area contributed by atoms with Gasteiger partial charge in [-0.1, -0.05) is 66.4 Å². The number of hydrogen-bond donors (Lipinski definition) is 0. The molecule has 0 aliphatic carbocycles. The first-order chi connectivity index (χ1) is 17.2. The van der Waals surface area contributed by atoms with Gasteiger partial charge in [-0.2, -0.15) is 0 Å². The molecule has 1 aromatic heterocycles. The summed E-state index contributed by atoms with van der Waals surface area (Å²) in [4.78, 5) is 23.8. The fourth-order valence-electron chi connectivity index (χ4n) is 5.16. The number of benzene rings is 3. The second kappa shape index (κ2) is 8.36. The van der Waals surface area contributed by atoms with E-state index in [9.17, 15) is 4.79 Å². The van der Waals surface area contributed by atoms with E-state index in [4.69, 9.17) is 9.73 Å². The molecule has 3 aromatic carbocycles. The number of carbonyl (C=O) groups is 1. The lowest BCUT2D eigenvalue weighted by Crippen LogP contribution is -2.34. The summed E-state index contributed by atoms with van der Waals surface area (Å²) in [5, 5.41) is 3.57. The van der Waals surface area contributed by atoms with Gasteiger partial charge in [0.1, 0.15) is 6.54 Å². The van der Waals surface area contributed by atoms with Crippen molar-refractivity contribution in [3.05, 3.63) is 89.5 Å². The van der Waals surface area contributed by atoms with E-state index < -0.39 is 0 Å². The summed E-state index contributed by atoms with van der Waals surface area (Å²) in [7, 11) is 0. The van der Waals surface area contributed by atoms with Crippen molar-refractivity contribution in [2.75, 3.05) is 18.8 Å². The summed E-state index contributed by atoms with van der Waals surface area (Å²) >= 11 is 3.62. The third-order valence-electron chi connectivity index (χ3n) is 6.69. The smallest absolute Gasteiger partial charge is 0.334 e. The molecule has 7 heteroatoms. The van der Waals surface area contributed by atoms with Crippen molar-refractivity contribution in [2.24, 2.45) is 9.98 Å². The lowest BCUT2D eigenvalue weighted by atomic mass is 9.89. The van der Waals surface area contributed by atoms with Crippen LogP contribution in [0.2, 0.25) is 0 Å². The Morgan fingerprint density at radius 1 is 0.971 bits per heavy atom. The Balaban J connectivity index is 1.45. The van der Waals surface area contributed by atoms with E-state index in [1.165, 1.54) is 25.7 Å². The van der Waals surface area contributed by atoms with Gasteiger partial charge in [-0.25, -0.2) is 14.8 Å². The van der Waals surface area contributed by atoms with E-state index in [1.54, 1.807) is 11.8 Å². The van der Waals surface area contributed by atoms with Crippen LogP contribution in [0.1, 0.15) is 23.6 Å². The van der Waals surface area contributed by atoms with Gasteiger partial charge in [0.05, 0.1) is 11.7 Å². The third kappa shape index (κ3) is 3.58. The number of amidine groups is 1. The number of thioether (sulfide) groups is 1. The summed E-state index contributed by atoms with van der Waals surface area (Å²) in [6, 6.07) is 25.8. The van der Waals surface area contributed by atoms with Crippen LogP contribution in [-0.2, 0) is 9.53 Å². The van der Waals surface area contributed by atoms with E-state index in [-0.39, 0.29) is 18.6 Å². The fraction of sp³-hybridized carbons (Fsp3) is 0.179. The van der Waals surface area contributed by atoms with Crippen LogP contribution in [0, 0.1) is 0 Å². The molecule has 1 unspecified atom stereocenters. The molecule has 0 spiro atoms. The highest BCUT2D eigenvalue weighted by Crippen LogP contribution is 2.45. The largest absolute Gasteiger partial charge is 0.410 e. The van der Waals surface area contributed by atoms with Gasteiger partial charge in [0.15, 0.2) is 11.1 Å². The Bertz CT molecular complexity index is 1590. The van der Waals surface area contributed by atoms with Crippen molar-refractivity contribution in [3.63, 3.8) is 0 Å². The average molecular weight is 496 g/mol. The molecule has 7 rings (SSSR count). The molecule has 1 atom stereocenters. The highest BCUT2D eigenvalue weighted by atomic mass is 32.2. The maximum atomic E-state index is 11.8. The molecule has 0 radical (unpaired) electrons. The number of esters is 1. The van der Waals surface area contributed by atoms with Crippen LogP contribution in [-0.4, -0.2) is 40.8 Å². The number of nitrogens with zero attached hydrogens (tertiary/aromatic N) is 3. The predicted octanol–water partition coefficient (Wildman–Crippen LogP) is 6.27. The Morgan fingerprint density at radius 2 is 1.80 bits per heavy atom. The van der Waals surface area contributed by atoms with E-state index in [2.05, 4.69) is 76.6 Å². The number of ether oxygens (including phenoxy) is 1. The van der Waals surface area contributed by atoms with Gasteiger partial charge >= 0.3 is 5.97 Å². The SMILES string of the molecule is O=C1CN=C(CC2=C(c3ccc4sc5ccccc5c4c3)N=C3SCCN3C2c2ccccc2)O1. The zero-order chi connectivity index (χ0) is 23.4. The van der Waals surface area contributed by atoms with Crippen molar-refractivity contribution < 1.29 is 9.53 Å². The third-order valence-corrected chi connectivity index (χ3v) is 8.81. The second-order valence-corrected chi connectivity index (χ2v) is 10.9. The van der Waals surface area contributed by atoms with Crippen LogP contribution in [0.3, 0.4) is 0 Å². The van der Waals surface area contributed by atoms with E-state index in [0.29, 0.717) is 12.3 Å². The summed E-state index contributed by atoms with van der Waals surface area (Å²) in [6.45, 7) is 1.02. The number of carbonyl (C=O) groups excluding carboxylic acids is 1. The highest BCUT2D eigenvalue weighted by Gasteiger charge is 2.38. The summed E-state index contributed by atoms with van der Waals surface area (Å²) in [5.74, 6) is 1.20. The Morgan fingerprint density at radius 3 is 2.66 bits per heavy atom. The lowest BCUT2D eigenvalue weighted by Gasteiger charge is -2.36. The highest BCUT2D eigenvalue weighted by molar-refractivity contribution is 8.14. The van der Waals surface area contributed by atoms with Crippen molar-refractivity contribution in [1.29, 1.82) is 0 Å². The van der Waals surface area contributed by atoms with E-state index >= 15 is 0 Å². The molecule has 172 valence electrons.